The third-order valence-corrected chi connectivity index (χ3v) is 2.01. The van der Waals surface area contributed by atoms with Gasteiger partial charge < -0.3 is 16.0 Å². The second kappa shape index (κ2) is 4.06. The molecule has 5 nitrogen and oxygen atoms in total. The van der Waals surface area contributed by atoms with Gasteiger partial charge in [0.1, 0.15) is 0 Å². The van der Waals surface area contributed by atoms with Crippen molar-refractivity contribution < 1.29 is 4.79 Å². The Labute approximate surface area is 81.3 Å². The summed E-state index contributed by atoms with van der Waals surface area (Å²) in [5, 5.41) is 0. The maximum Gasteiger partial charge on any atom is 0.253 e. The van der Waals surface area contributed by atoms with E-state index < -0.39 is 11.9 Å². The van der Waals surface area contributed by atoms with E-state index >= 15 is 0 Å². The minimum absolute atomic E-state index is 0.149. The lowest BCUT2D eigenvalue weighted by molar-refractivity contribution is -0.119. The van der Waals surface area contributed by atoms with Gasteiger partial charge in [0, 0.05) is 25.2 Å². The molecule has 0 aromatic carbocycles. The van der Waals surface area contributed by atoms with Gasteiger partial charge in [-0.3, -0.25) is 9.59 Å². The summed E-state index contributed by atoms with van der Waals surface area (Å²) in [6, 6.07) is 2.57. The SMILES string of the molecule is Cn1cccc(CC(N)C(N)=O)c1=O. The molecule has 1 amide bonds. The van der Waals surface area contributed by atoms with Crippen LogP contribution in [0.3, 0.4) is 0 Å². The van der Waals surface area contributed by atoms with Gasteiger partial charge >= 0.3 is 0 Å². The number of rotatable bonds is 3. The molecule has 4 N–H and O–H groups in total. The number of aromatic nitrogens is 1. The number of aryl methyl sites for hydroxylation is 1. The Balaban J connectivity index is 2.93. The van der Waals surface area contributed by atoms with Crippen molar-refractivity contribution in [2.24, 2.45) is 18.5 Å². The Morgan fingerprint density at radius 3 is 2.86 bits per heavy atom. The molecule has 1 rings (SSSR count). The molecule has 1 heterocycles. The molecular formula is C9H13N3O2. The van der Waals surface area contributed by atoms with Crippen LogP contribution in [0.4, 0.5) is 0 Å². The number of hydrogen-bond donors (Lipinski definition) is 2. The minimum Gasteiger partial charge on any atom is -0.368 e. The van der Waals surface area contributed by atoms with Crippen LogP contribution in [0.15, 0.2) is 23.1 Å². The fraction of sp³-hybridized carbons (Fsp3) is 0.333. The minimum atomic E-state index is -0.801. The fourth-order valence-corrected chi connectivity index (χ4v) is 1.15. The summed E-state index contributed by atoms with van der Waals surface area (Å²) in [7, 11) is 1.64. The van der Waals surface area contributed by atoms with Crippen molar-refractivity contribution in [3.05, 3.63) is 34.2 Å². The molecule has 76 valence electrons. The maximum atomic E-state index is 11.5. The second-order valence-corrected chi connectivity index (χ2v) is 3.16. The molecule has 0 aliphatic carbocycles. The number of pyridine rings is 1. The van der Waals surface area contributed by atoms with E-state index in [9.17, 15) is 9.59 Å². The summed E-state index contributed by atoms with van der Waals surface area (Å²) in [6.07, 6.45) is 1.82. The lowest BCUT2D eigenvalue weighted by Gasteiger charge is -2.07. The first-order valence-corrected chi connectivity index (χ1v) is 4.22. The Kier molecular flexibility index (Phi) is 3.03. The number of hydrogen-bond acceptors (Lipinski definition) is 3. The second-order valence-electron chi connectivity index (χ2n) is 3.16. The third-order valence-electron chi connectivity index (χ3n) is 2.01. The first-order chi connectivity index (χ1) is 6.52. The summed E-state index contributed by atoms with van der Waals surface area (Å²) in [5.41, 5.74) is 10.8. The summed E-state index contributed by atoms with van der Waals surface area (Å²) in [4.78, 5) is 22.2. The Morgan fingerprint density at radius 1 is 1.64 bits per heavy atom. The zero-order valence-electron chi connectivity index (χ0n) is 7.93. The third kappa shape index (κ3) is 2.20. The number of primary amides is 1. The summed E-state index contributed by atoms with van der Waals surface area (Å²) < 4.78 is 1.43. The van der Waals surface area contributed by atoms with E-state index in [1.807, 2.05) is 0 Å². The molecule has 0 saturated carbocycles. The normalized spacial score (nSPS) is 12.4. The van der Waals surface area contributed by atoms with Crippen molar-refractivity contribution in [1.82, 2.24) is 4.57 Å². The van der Waals surface area contributed by atoms with Gasteiger partial charge in [-0.15, -0.1) is 0 Å². The van der Waals surface area contributed by atoms with Crippen LogP contribution in [0.1, 0.15) is 5.56 Å². The lowest BCUT2D eigenvalue weighted by atomic mass is 10.1. The van der Waals surface area contributed by atoms with Crippen LogP contribution >= 0.6 is 0 Å². The van der Waals surface area contributed by atoms with Gasteiger partial charge in [-0.2, -0.15) is 0 Å². The van der Waals surface area contributed by atoms with E-state index in [0.29, 0.717) is 5.56 Å². The average Bonchev–Trinajstić information content (AvgIpc) is 2.12. The van der Waals surface area contributed by atoms with Gasteiger partial charge in [-0.25, -0.2) is 0 Å². The van der Waals surface area contributed by atoms with Crippen LogP contribution in [-0.2, 0) is 18.3 Å². The molecule has 0 aliphatic heterocycles. The van der Waals surface area contributed by atoms with Gasteiger partial charge in [0.2, 0.25) is 5.91 Å². The quantitative estimate of drug-likeness (QED) is 0.630. The highest BCUT2D eigenvalue weighted by molar-refractivity contribution is 5.79. The Morgan fingerprint density at radius 2 is 2.29 bits per heavy atom. The molecule has 1 aromatic heterocycles. The smallest absolute Gasteiger partial charge is 0.253 e. The largest absolute Gasteiger partial charge is 0.368 e. The summed E-state index contributed by atoms with van der Waals surface area (Å²) in [6.45, 7) is 0. The van der Waals surface area contributed by atoms with Crippen molar-refractivity contribution in [1.29, 1.82) is 0 Å². The molecule has 0 aliphatic rings. The first-order valence-electron chi connectivity index (χ1n) is 4.22. The van der Waals surface area contributed by atoms with Crippen LogP contribution in [0.25, 0.3) is 0 Å². The lowest BCUT2D eigenvalue weighted by Crippen LogP contribution is -2.39. The van der Waals surface area contributed by atoms with Gasteiger partial charge in [-0.05, 0) is 6.07 Å². The van der Waals surface area contributed by atoms with E-state index in [1.54, 1.807) is 25.4 Å². The Bertz CT molecular complexity index is 397. The average molecular weight is 195 g/mol. The predicted molar refractivity (Wildman–Crippen MR) is 52.6 cm³/mol. The van der Waals surface area contributed by atoms with Crippen LogP contribution < -0.4 is 17.0 Å². The number of nitrogens with two attached hydrogens (primary N) is 2. The van der Waals surface area contributed by atoms with Crippen molar-refractivity contribution in [2.45, 2.75) is 12.5 Å². The molecule has 0 fully saturated rings. The first kappa shape index (κ1) is 10.5. The van der Waals surface area contributed by atoms with E-state index in [-0.39, 0.29) is 12.0 Å². The van der Waals surface area contributed by atoms with Crippen molar-refractivity contribution in [3.63, 3.8) is 0 Å². The molecule has 0 radical (unpaired) electrons. The number of carbonyl (C=O) groups is 1. The molecule has 5 heteroatoms. The highest BCUT2D eigenvalue weighted by Crippen LogP contribution is 1.95. The van der Waals surface area contributed by atoms with Crippen LogP contribution in [0.5, 0.6) is 0 Å². The van der Waals surface area contributed by atoms with Gasteiger partial charge in [0.15, 0.2) is 0 Å². The highest BCUT2D eigenvalue weighted by atomic mass is 16.1. The van der Waals surface area contributed by atoms with Crippen LogP contribution in [-0.4, -0.2) is 16.5 Å². The standard InChI is InChI=1S/C9H13N3O2/c1-12-4-2-3-6(9(12)14)5-7(10)8(11)13/h2-4,7H,5,10H2,1H3,(H2,11,13). The highest BCUT2D eigenvalue weighted by Gasteiger charge is 2.12. The van der Waals surface area contributed by atoms with Crippen LogP contribution in [0.2, 0.25) is 0 Å². The summed E-state index contributed by atoms with van der Waals surface area (Å²) >= 11 is 0. The van der Waals surface area contributed by atoms with E-state index in [0.717, 1.165) is 0 Å². The molecule has 1 unspecified atom stereocenters. The number of nitrogens with zero attached hydrogens (tertiary/aromatic N) is 1. The maximum absolute atomic E-state index is 11.5. The van der Waals surface area contributed by atoms with Crippen molar-refractivity contribution in [3.8, 4) is 0 Å². The fourth-order valence-electron chi connectivity index (χ4n) is 1.15. The van der Waals surface area contributed by atoms with Gasteiger partial charge in [0.25, 0.3) is 5.56 Å². The van der Waals surface area contributed by atoms with E-state index in [4.69, 9.17) is 11.5 Å². The molecule has 1 atom stereocenters. The molecule has 0 spiro atoms. The molecular weight excluding hydrogens is 182 g/mol. The molecule has 0 bridgehead atoms. The van der Waals surface area contributed by atoms with E-state index in [2.05, 4.69) is 0 Å². The molecule has 0 saturated heterocycles. The molecule has 1 aromatic rings. The van der Waals surface area contributed by atoms with Crippen LogP contribution in [0, 0.1) is 0 Å². The number of carbonyl (C=O) groups excluding carboxylic acids is 1. The van der Waals surface area contributed by atoms with Crippen molar-refractivity contribution in [2.75, 3.05) is 0 Å². The zero-order chi connectivity index (χ0) is 10.7. The van der Waals surface area contributed by atoms with Gasteiger partial charge in [0.05, 0.1) is 6.04 Å². The Hall–Kier alpha value is -1.62. The summed E-state index contributed by atoms with van der Waals surface area (Å²) in [5.74, 6) is -0.601. The van der Waals surface area contributed by atoms with Crippen molar-refractivity contribution >= 4 is 5.91 Å². The number of amides is 1. The zero-order valence-corrected chi connectivity index (χ0v) is 7.93. The monoisotopic (exact) mass is 195 g/mol. The molecule has 14 heavy (non-hydrogen) atoms. The van der Waals surface area contributed by atoms with E-state index in [1.165, 1.54) is 4.57 Å². The topological polar surface area (TPSA) is 91.1 Å². The van der Waals surface area contributed by atoms with Gasteiger partial charge in [-0.1, -0.05) is 6.07 Å². The predicted octanol–water partition coefficient (Wildman–Crippen LogP) is -1.26.